The Hall–Kier alpha value is -0.233. The van der Waals surface area contributed by atoms with Crippen molar-refractivity contribution < 1.29 is 18.1 Å². The van der Waals surface area contributed by atoms with Gasteiger partial charge in [-0.1, -0.05) is 0 Å². The van der Waals surface area contributed by atoms with Crippen LogP contribution in [0, 0.1) is 0 Å². The molecule has 13 heavy (non-hydrogen) atoms. The molecule has 78 valence electrons. The molecule has 0 rings (SSSR count). The number of carbonyl (C=O) groups is 1. The lowest BCUT2D eigenvalue weighted by Crippen LogP contribution is -2.45. The molecule has 0 aromatic heterocycles. The summed E-state index contributed by atoms with van der Waals surface area (Å²) in [5, 5.41) is 0. The minimum Gasteiger partial charge on any atom is -0.374 e. The standard InChI is InChI=1S/C8H18O4Si/c1-5-10-13(4,11-6-2)12-8(3)7-9/h7-8H,5-6H2,1-4H3. The largest absolute Gasteiger partial charge is 0.498 e. The third-order valence-corrected chi connectivity index (χ3v) is 3.83. The van der Waals surface area contributed by atoms with Crippen molar-refractivity contribution in [1.82, 2.24) is 0 Å². The topological polar surface area (TPSA) is 44.8 Å². The highest BCUT2D eigenvalue weighted by Gasteiger charge is 2.35. The summed E-state index contributed by atoms with van der Waals surface area (Å²) >= 11 is 0. The normalized spacial score (nSPS) is 14.2. The van der Waals surface area contributed by atoms with E-state index in [9.17, 15) is 4.79 Å². The van der Waals surface area contributed by atoms with Crippen LogP contribution in [0.25, 0.3) is 0 Å². The van der Waals surface area contributed by atoms with E-state index in [4.69, 9.17) is 13.3 Å². The summed E-state index contributed by atoms with van der Waals surface area (Å²) in [6, 6.07) is 0. The van der Waals surface area contributed by atoms with Crippen LogP contribution in [0.5, 0.6) is 0 Å². The van der Waals surface area contributed by atoms with Crippen molar-refractivity contribution in [3.8, 4) is 0 Å². The molecule has 0 fully saturated rings. The van der Waals surface area contributed by atoms with Gasteiger partial charge in [0.05, 0.1) is 0 Å². The molecule has 5 heteroatoms. The Morgan fingerprint density at radius 1 is 1.31 bits per heavy atom. The SMILES string of the molecule is CCO[Si](C)(OCC)OC(C)C=O. The summed E-state index contributed by atoms with van der Waals surface area (Å²) in [4.78, 5) is 10.4. The van der Waals surface area contributed by atoms with Gasteiger partial charge >= 0.3 is 8.80 Å². The second kappa shape index (κ2) is 6.26. The fraction of sp³-hybridized carbons (Fsp3) is 0.875. The molecule has 0 aliphatic heterocycles. The fourth-order valence-corrected chi connectivity index (χ4v) is 3.00. The maximum atomic E-state index is 10.4. The van der Waals surface area contributed by atoms with E-state index in [0.717, 1.165) is 6.29 Å². The van der Waals surface area contributed by atoms with E-state index >= 15 is 0 Å². The predicted octanol–water partition coefficient (Wildman–Crippen LogP) is 1.23. The maximum Gasteiger partial charge on any atom is 0.498 e. The molecule has 4 nitrogen and oxygen atoms in total. The van der Waals surface area contributed by atoms with Gasteiger partial charge in [0.2, 0.25) is 0 Å². The molecule has 0 N–H and O–H groups in total. The predicted molar refractivity (Wildman–Crippen MR) is 51.5 cm³/mol. The van der Waals surface area contributed by atoms with Gasteiger partial charge in [-0.05, 0) is 20.8 Å². The molecule has 0 bridgehead atoms. The first-order chi connectivity index (χ1) is 6.08. The number of aldehydes is 1. The maximum absolute atomic E-state index is 10.4. The van der Waals surface area contributed by atoms with Gasteiger partial charge in [0.1, 0.15) is 12.4 Å². The van der Waals surface area contributed by atoms with Gasteiger partial charge < -0.3 is 18.1 Å². The average Bonchev–Trinajstić information content (AvgIpc) is 2.04. The molecule has 0 saturated carbocycles. The molecule has 1 unspecified atom stereocenters. The van der Waals surface area contributed by atoms with E-state index in [2.05, 4.69) is 0 Å². The summed E-state index contributed by atoms with van der Waals surface area (Å²) in [5.74, 6) is 0. The van der Waals surface area contributed by atoms with Crippen molar-refractivity contribution in [2.75, 3.05) is 13.2 Å². The van der Waals surface area contributed by atoms with Crippen LogP contribution in [0.1, 0.15) is 20.8 Å². The molecule has 0 saturated heterocycles. The zero-order valence-corrected chi connectivity index (χ0v) is 9.70. The summed E-state index contributed by atoms with van der Waals surface area (Å²) in [6.07, 6.45) is 0.276. The Morgan fingerprint density at radius 2 is 1.77 bits per heavy atom. The molecule has 0 spiro atoms. The van der Waals surface area contributed by atoms with Crippen molar-refractivity contribution in [3.63, 3.8) is 0 Å². The van der Waals surface area contributed by atoms with Crippen molar-refractivity contribution in [2.24, 2.45) is 0 Å². The summed E-state index contributed by atoms with van der Waals surface area (Å²) in [5.41, 5.74) is 0. The Morgan fingerprint density at radius 3 is 2.08 bits per heavy atom. The Labute approximate surface area is 80.5 Å². The van der Waals surface area contributed by atoms with Gasteiger partial charge in [-0.25, -0.2) is 0 Å². The Bertz CT molecular complexity index is 145. The van der Waals surface area contributed by atoms with Gasteiger partial charge in [-0.15, -0.1) is 0 Å². The van der Waals surface area contributed by atoms with Crippen molar-refractivity contribution in [2.45, 2.75) is 33.4 Å². The first-order valence-electron chi connectivity index (χ1n) is 4.49. The Balaban J connectivity index is 4.12. The third-order valence-electron chi connectivity index (χ3n) is 1.40. The molecule has 0 aliphatic rings. The second-order valence-electron chi connectivity index (χ2n) is 2.69. The van der Waals surface area contributed by atoms with Crippen molar-refractivity contribution in [1.29, 1.82) is 0 Å². The molecule has 0 heterocycles. The second-order valence-corrected chi connectivity index (χ2v) is 5.23. The van der Waals surface area contributed by atoms with Gasteiger partial charge in [0, 0.05) is 19.8 Å². The highest BCUT2D eigenvalue weighted by atomic mass is 28.4. The van der Waals surface area contributed by atoms with Gasteiger partial charge in [-0.3, -0.25) is 0 Å². The van der Waals surface area contributed by atoms with E-state index in [1.807, 2.05) is 13.8 Å². The molecule has 0 radical (unpaired) electrons. The zero-order chi connectivity index (χ0) is 10.3. The molecule has 0 amide bonds. The van der Waals surface area contributed by atoms with Crippen LogP contribution in [-0.2, 0) is 18.1 Å². The smallest absolute Gasteiger partial charge is 0.374 e. The van der Waals surface area contributed by atoms with Crippen LogP contribution in [0.2, 0.25) is 6.55 Å². The zero-order valence-electron chi connectivity index (χ0n) is 8.70. The summed E-state index contributed by atoms with van der Waals surface area (Å²) in [6.45, 7) is 8.29. The number of carbonyl (C=O) groups excluding carboxylic acids is 1. The van der Waals surface area contributed by atoms with Crippen LogP contribution in [0.15, 0.2) is 0 Å². The summed E-state index contributed by atoms with van der Waals surface area (Å²) in [7, 11) is -2.56. The fourth-order valence-electron chi connectivity index (χ4n) is 1.000. The van der Waals surface area contributed by atoms with Crippen LogP contribution < -0.4 is 0 Å². The van der Waals surface area contributed by atoms with E-state index in [1.165, 1.54) is 0 Å². The van der Waals surface area contributed by atoms with Crippen LogP contribution in [-0.4, -0.2) is 34.4 Å². The van der Waals surface area contributed by atoms with Gasteiger partial charge in [0.25, 0.3) is 0 Å². The lowest BCUT2D eigenvalue weighted by molar-refractivity contribution is -0.115. The average molecular weight is 206 g/mol. The van der Waals surface area contributed by atoms with E-state index in [0.29, 0.717) is 13.2 Å². The Kier molecular flexibility index (Phi) is 6.14. The minimum atomic E-state index is -2.56. The molecule has 1 atom stereocenters. The number of hydrogen-bond acceptors (Lipinski definition) is 4. The van der Waals surface area contributed by atoms with Crippen LogP contribution in [0.3, 0.4) is 0 Å². The third kappa shape index (κ3) is 5.15. The van der Waals surface area contributed by atoms with Gasteiger partial charge in [-0.2, -0.15) is 0 Å². The van der Waals surface area contributed by atoms with E-state index < -0.39 is 14.9 Å². The highest BCUT2D eigenvalue weighted by molar-refractivity contribution is 6.59. The molecular formula is C8H18O4Si. The minimum absolute atomic E-state index is 0.463. The van der Waals surface area contributed by atoms with Crippen LogP contribution >= 0.6 is 0 Å². The number of hydrogen-bond donors (Lipinski definition) is 0. The van der Waals surface area contributed by atoms with E-state index in [1.54, 1.807) is 13.5 Å². The summed E-state index contributed by atoms with van der Waals surface area (Å²) < 4.78 is 16.2. The number of rotatable bonds is 7. The monoisotopic (exact) mass is 206 g/mol. The molecule has 0 aromatic rings. The van der Waals surface area contributed by atoms with Crippen LogP contribution in [0.4, 0.5) is 0 Å². The lowest BCUT2D eigenvalue weighted by atomic mass is 10.5. The molecular weight excluding hydrogens is 188 g/mol. The first kappa shape index (κ1) is 12.8. The lowest BCUT2D eigenvalue weighted by Gasteiger charge is -2.26. The first-order valence-corrected chi connectivity index (χ1v) is 6.71. The molecule has 0 aromatic carbocycles. The highest BCUT2D eigenvalue weighted by Crippen LogP contribution is 2.11. The quantitative estimate of drug-likeness (QED) is 0.464. The van der Waals surface area contributed by atoms with Gasteiger partial charge in [0.15, 0.2) is 0 Å². The van der Waals surface area contributed by atoms with Crippen molar-refractivity contribution in [3.05, 3.63) is 0 Å². The van der Waals surface area contributed by atoms with Crippen molar-refractivity contribution >= 4 is 15.1 Å². The van der Waals surface area contributed by atoms with E-state index in [-0.39, 0.29) is 0 Å². The molecule has 0 aliphatic carbocycles.